The number of ether oxygens (including phenoxy) is 1. The van der Waals surface area contributed by atoms with E-state index < -0.39 is 0 Å². The van der Waals surface area contributed by atoms with Gasteiger partial charge in [0.1, 0.15) is 0 Å². The molecule has 0 aromatic carbocycles. The van der Waals surface area contributed by atoms with Gasteiger partial charge in [-0.15, -0.1) is 0 Å². The summed E-state index contributed by atoms with van der Waals surface area (Å²) in [6, 6.07) is 0. The van der Waals surface area contributed by atoms with E-state index in [2.05, 4.69) is 10.6 Å². The van der Waals surface area contributed by atoms with E-state index in [9.17, 15) is 4.79 Å². The predicted octanol–water partition coefficient (Wildman–Crippen LogP) is 0.917. The fourth-order valence-electron chi connectivity index (χ4n) is 0.958. The van der Waals surface area contributed by atoms with E-state index in [1.165, 1.54) is 0 Å². The fraction of sp³-hybridized carbons (Fsp3) is 0.909. The second kappa shape index (κ2) is 7.65. The van der Waals surface area contributed by atoms with Crippen LogP contribution in [0, 0.1) is 0 Å². The lowest BCUT2D eigenvalue weighted by molar-refractivity contribution is -0.120. The Bertz CT molecular complexity index is 176. The normalized spacial score (nSPS) is 11.5. The summed E-state index contributed by atoms with van der Waals surface area (Å²) in [5.41, 5.74) is -0.105. The first-order chi connectivity index (χ1) is 6.95. The van der Waals surface area contributed by atoms with Gasteiger partial charge in [0.05, 0.1) is 18.8 Å². The molecule has 4 heteroatoms. The van der Waals surface area contributed by atoms with E-state index >= 15 is 0 Å². The number of hydrogen-bond acceptors (Lipinski definition) is 3. The van der Waals surface area contributed by atoms with Crippen molar-refractivity contribution in [2.24, 2.45) is 0 Å². The minimum atomic E-state index is -0.105. The molecular weight excluding hydrogens is 192 g/mol. The Morgan fingerprint density at radius 1 is 1.27 bits per heavy atom. The van der Waals surface area contributed by atoms with Gasteiger partial charge < -0.3 is 15.4 Å². The van der Waals surface area contributed by atoms with Crippen LogP contribution < -0.4 is 10.6 Å². The average molecular weight is 216 g/mol. The lowest BCUT2D eigenvalue weighted by Gasteiger charge is -2.19. The fourth-order valence-corrected chi connectivity index (χ4v) is 0.958. The summed E-state index contributed by atoms with van der Waals surface area (Å²) >= 11 is 0. The van der Waals surface area contributed by atoms with Crippen LogP contribution in [-0.4, -0.2) is 37.7 Å². The molecule has 0 unspecified atom stereocenters. The molecule has 1 amide bonds. The SMILES string of the molecule is CCCNC(=O)CNCCOC(C)(C)C. The maximum absolute atomic E-state index is 11.1. The van der Waals surface area contributed by atoms with Gasteiger partial charge in [0, 0.05) is 13.1 Å². The first-order valence-electron chi connectivity index (χ1n) is 5.57. The van der Waals surface area contributed by atoms with Gasteiger partial charge in [0.15, 0.2) is 0 Å². The maximum atomic E-state index is 11.1. The number of nitrogens with one attached hydrogen (secondary N) is 2. The number of carbonyl (C=O) groups is 1. The maximum Gasteiger partial charge on any atom is 0.233 e. The minimum Gasteiger partial charge on any atom is -0.375 e. The molecule has 2 N–H and O–H groups in total. The van der Waals surface area contributed by atoms with Crippen molar-refractivity contribution >= 4 is 5.91 Å². The molecule has 0 atom stereocenters. The van der Waals surface area contributed by atoms with Crippen molar-refractivity contribution in [2.75, 3.05) is 26.2 Å². The number of amides is 1. The predicted molar refractivity (Wildman–Crippen MR) is 61.9 cm³/mol. The average Bonchev–Trinajstić information content (AvgIpc) is 2.12. The molecule has 0 aromatic rings. The highest BCUT2D eigenvalue weighted by Gasteiger charge is 2.08. The van der Waals surface area contributed by atoms with E-state index in [-0.39, 0.29) is 11.5 Å². The quantitative estimate of drug-likeness (QED) is 0.622. The van der Waals surface area contributed by atoms with Gasteiger partial charge in [0.2, 0.25) is 5.91 Å². The minimum absolute atomic E-state index is 0.0487. The molecule has 0 rings (SSSR count). The van der Waals surface area contributed by atoms with Gasteiger partial charge in [-0.1, -0.05) is 6.92 Å². The zero-order valence-electron chi connectivity index (χ0n) is 10.4. The van der Waals surface area contributed by atoms with Crippen LogP contribution in [0.4, 0.5) is 0 Å². The molecule has 15 heavy (non-hydrogen) atoms. The van der Waals surface area contributed by atoms with Crippen molar-refractivity contribution < 1.29 is 9.53 Å². The molecular formula is C11H24N2O2. The zero-order chi connectivity index (χ0) is 11.7. The van der Waals surface area contributed by atoms with Crippen LogP contribution in [0.2, 0.25) is 0 Å². The van der Waals surface area contributed by atoms with Crippen molar-refractivity contribution in [1.82, 2.24) is 10.6 Å². The third-order valence-electron chi connectivity index (χ3n) is 1.67. The second-order valence-electron chi connectivity index (χ2n) is 4.49. The van der Waals surface area contributed by atoms with E-state index in [4.69, 9.17) is 4.74 Å². The first-order valence-corrected chi connectivity index (χ1v) is 5.57. The molecule has 0 bridgehead atoms. The molecule has 90 valence electrons. The van der Waals surface area contributed by atoms with Crippen LogP contribution in [-0.2, 0) is 9.53 Å². The van der Waals surface area contributed by atoms with Gasteiger partial charge in [-0.3, -0.25) is 4.79 Å². The van der Waals surface area contributed by atoms with Crippen molar-refractivity contribution in [3.63, 3.8) is 0 Å². The van der Waals surface area contributed by atoms with Crippen LogP contribution in [0.1, 0.15) is 34.1 Å². The van der Waals surface area contributed by atoms with E-state index in [0.717, 1.165) is 13.0 Å². The summed E-state index contributed by atoms with van der Waals surface area (Å²) in [6.45, 7) is 10.5. The summed E-state index contributed by atoms with van der Waals surface area (Å²) in [7, 11) is 0. The molecule has 0 aromatic heterocycles. The van der Waals surface area contributed by atoms with E-state index in [0.29, 0.717) is 19.7 Å². The largest absolute Gasteiger partial charge is 0.375 e. The van der Waals surface area contributed by atoms with Gasteiger partial charge >= 0.3 is 0 Å². The number of rotatable bonds is 7. The van der Waals surface area contributed by atoms with E-state index in [1.807, 2.05) is 27.7 Å². The molecule has 4 nitrogen and oxygen atoms in total. The van der Waals surface area contributed by atoms with Crippen LogP contribution in [0.5, 0.6) is 0 Å². The lowest BCUT2D eigenvalue weighted by atomic mass is 10.2. The molecule has 0 spiro atoms. The Kier molecular flexibility index (Phi) is 7.34. The summed E-state index contributed by atoms with van der Waals surface area (Å²) < 4.78 is 5.50. The highest BCUT2D eigenvalue weighted by molar-refractivity contribution is 5.77. The second-order valence-corrected chi connectivity index (χ2v) is 4.49. The highest BCUT2D eigenvalue weighted by atomic mass is 16.5. The Morgan fingerprint density at radius 2 is 1.93 bits per heavy atom. The van der Waals surface area contributed by atoms with Crippen LogP contribution in [0.15, 0.2) is 0 Å². The third kappa shape index (κ3) is 11.3. The van der Waals surface area contributed by atoms with Crippen molar-refractivity contribution in [3.05, 3.63) is 0 Å². The van der Waals surface area contributed by atoms with Crippen LogP contribution >= 0.6 is 0 Å². The molecule has 0 radical (unpaired) electrons. The number of carbonyl (C=O) groups excluding carboxylic acids is 1. The van der Waals surface area contributed by atoms with Gasteiger partial charge in [-0.05, 0) is 27.2 Å². The molecule has 0 aliphatic heterocycles. The van der Waals surface area contributed by atoms with Crippen molar-refractivity contribution in [2.45, 2.75) is 39.7 Å². The van der Waals surface area contributed by atoms with E-state index in [1.54, 1.807) is 0 Å². The van der Waals surface area contributed by atoms with Crippen LogP contribution in [0.25, 0.3) is 0 Å². The standard InChI is InChI=1S/C11H24N2O2/c1-5-6-13-10(14)9-12-7-8-15-11(2,3)4/h12H,5-9H2,1-4H3,(H,13,14). The molecule has 0 aliphatic carbocycles. The molecule has 0 saturated heterocycles. The summed E-state index contributed by atoms with van der Waals surface area (Å²) in [4.78, 5) is 11.1. The monoisotopic (exact) mass is 216 g/mol. The summed E-state index contributed by atoms with van der Waals surface area (Å²) in [5, 5.41) is 5.83. The number of hydrogen-bond donors (Lipinski definition) is 2. The smallest absolute Gasteiger partial charge is 0.233 e. The molecule has 0 fully saturated rings. The lowest BCUT2D eigenvalue weighted by Crippen LogP contribution is -2.36. The summed E-state index contributed by atoms with van der Waals surface area (Å²) in [5.74, 6) is 0.0487. The van der Waals surface area contributed by atoms with Crippen molar-refractivity contribution in [1.29, 1.82) is 0 Å². The van der Waals surface area contributed by atoms with Gasteiger partial charge in [-0.25, -0.2) is 0 Å². The topological polar surface area (TPSA) is 50.4 Å². The molecule has 0 aliphatic rings. The molecule has 0 heterocycles. The van der Waals surface area contributed by atoms with Gasteiger partial charge in [0.25, 0.3) is 0 Å². The van der Waals surface area contributed by atoms with Gasteiger partial charge in [-0.2, -0.15) is 0 Å². The Morgan fingerprint density at radius 3 is 2.47 bits per heavy atom. The Labute approximate surface area is 92.8 Å². The summed E-state index contributed by atoms with van der Waals surface area (Å²) in [6.07, 6.45) is 0.971. The zero-order valence-corrected chi connectivity index (χ0v) is 10.4. The third-order valence-corrected chi connectivity index (χ3v) is 1.67. The van der Waals surface area contributed by atoms with Crippen LogP contribution in [0.3, 0.4) is 0 Å². The Hall–Kier alpha value is -0.610. The molecule has 0 saturated carbocycles. The Balaban J connectivity index is 3.27. The first kappa shape index (κ1) is 14.4. The highest BCUT2D eigenvalue weighted by Crippen LogP contribution is 2.04. The van der Waals surface area contributed by atoms with Crippen molar-refractivity contribution in [3.8, 4) is 0 Å².